The van der Waals surface area contributed by atoms with Crippen LogP contribution >= 0.6 is 11.6 Å². The summed E-state index contributed by atoms with van der Waals surface area (Å²) in [6.45, 7) is 7.42. The van der Waals surface area contributed by atoms with Crippen molar-refractivity contribution in [2.45, 2.75) is 39.8 Å². The third-order valence-corrected chi connectivity index (χ3v) is 7.08. The van der Waals surface area contributed by atoms with Crippen LogP contribution in [0.25, 0.3) is 11.0 Å². The van der Waals surface area contributed by atoms with Crippen molar-refractivity contribution in [1.29, 1.82) is 0 Å². The fourth-order valence-electron chi connectivity index (χ4n) is 4.77. The van der Waals surface area contributed by atoms with Crippen molar-refractivity contribution in [1.82, 2.24) is 4.90 Å². The normalized spacial score (nSPS) is 14.8. The molecule has 196 valence electrons. The van der Waals surface area contributed by atoms with Gasteiger partial charge in [0.05, 0.1) is 30.2 Å². The molecule has 0 spiro atoms. The summed E-state index contributed by atoms with van der Waals surface area (Å²) in [5.41, 5.74) is 1.97. The Morgan fingerprint density at radius 3 is 2.50 bits per heavy atom. The first-order valence-corrected chi connectivity index (χ1v) is 13.3. The monoisotopic (exact) mass is 531 g/mol. The standard InChI is InChI=1S/C31H30ClNO5/c1-4-36-26-17-20(13-14-25(26)37-16-15-19(2)3)28-27-29(34)22-10-6-8-12-24(22)38-30(27)31(35)33(28)18-21-9-5-7-11-23(21)32/h5-14,17,19,28H,4,15-16,18H2,1-3H3. The minimum Gasteiger partial charge on any atom is -0.490 e. The average Bonchev–Trinajstić information content (AvgIpc) is 3.18. The molecule has 6 nitrogen and oxygen atoms in total. The lowest BCUT2D eigenvalue weighted by molar-refractivity contribution is 0.0714. The van der Waals surface area contributed by atoms with Crippen molar-refractivity contribution in [3.05, 3.63) is 104 Å². The van der Waals surface area contributed by atoms with Crippen molar-refractivity contribution in [2.75, 3.05) is 13.2 Å². The summed E-state index contributed by atoms with van der Waals surface area (Å²) in [5.74, 6) is 1.41. The predicted octanol–water partition coefficient (Wildman–Crippen LogP) is 7.02. The van der Waals surface area contributed by atoms with Crippen LogP contribution in [0.3, 0.4) is 0 Å². The SMILES string of the molecule is CCOc1cc(C2c3c(oc4ccccc4c3=O)C(=O)N2Cc2ccccc2Cl)ccc1OCCC(C)C. The smallest absolute Gasteiger partial charge is 0.291 e. The quantitative estimate of drug-likeness (QED) is 0.232. The molecule has 0 fully saturated rings. The third-order valence-electron chi connectivity index (χ3n) is 6.71. The first-order chi connectivity index (χ1) is 18.4. The molecule has 0 bridgehead atoms. The highest BCUT2D eigenvalue weighted by Gasteiger charge is 2.43. The van der Waals surface area contributed by atoms with E-state index in [4.69, 9.17) is 25.5 Å². The molecule has 0 saturated carbocycles. The van der Waals surface area contributed by atoms with Crippen LogP contribution in [-0.2, 0) is 6.54 Å². The molecule has 1 amide bonds. The van der Waals surface area contributed by atoms with E-state index >= 15 is 0 Å². The first kappa shape index (κ1) is 25.9. The molecule has 3 aromatic carbocycles. The maximum atomic E-state index is 13.8. The lowest BCUT2D eigenvalue weighted by Crippen LogP contribution is -2.29. The van der Waals surface area contributed by atoms with Gasteiger partial charge in [0.15, 0.2) is 16.9 Å². The fraction of sp³-hybridized carbons (Fsp3) is 0.290. The van der Waals surface area contributed by atoms with Crippen LogP contribution in [0.15, 0.2) is 75.9 Å². The van der Waals surface area contributed by atoms with Crippen molar-refractivity contribution < 1.29 is 18.7 Å². The van der Waals surface area contributed by atoms with E-state index in [9.17, 15) is 9.59 Å². The largest absolute Gasteiger partial charge is 0.490 e. The lowest BCUT2D eigenvalue weighted by Gasteiger charge is -2.26. The van der Waals surface area contributed by atoms with Gasteiger partial charge in [0.25, 0.3) is 5.91 Å². The number of rotatable bonds is 9. The zero-order valence-electron chi connectivity index (χ0n) is 21.7. The maximum Gasteiger partial charge on any atom is 0.291 e. The van der Waals surface area contributed by atoms with Gasteiger partial charge in [-0.25, -0.2) is 0 Å². The highest BCUT2D eigenvalue weighted by atomic mass is 35.5. The minimum atomic E-state index is -0.682. The highest BCUT2D eigenvalue weighted by Crippen LogP contribution is 2.42. The van der Waals surface area contributed by atoms with Crippen LogP contribution in [0.2, 0.25) is 5.02 Å². The van der Waals surface area contributed by atoms with E-state index in [1.807, 2.05) is 43.3 Å². The number of carbonyl (C=O) groups is 1. The molecule has 4 aromatic rings. The molecule has 7 heteroatoms. The molecule has 1 aliphatic heterocycles. The van der Waals surface area contributed by atoms with Gasteiger partial charge in [-0.3, -0.25) is 9.59 Å². The Morgan fingerprint density at radius 2 is 1.74 bits per heavy atom. The molecule has 0 N–H and O–H groups in total. The second-order valence-corrected chi connectivity index (χ2v) is 10.2. The number of amides is 1. The molecule has 1 atom stereocenters. The van der Waals surface area contributed by atoms with E-state index in [0.29, 0.717) is 52.2 Å². The number of nitrogens with zero attached hydrogens (tertiary/aromatic N) is 1. The van der Waals surface area contributed by atoms with Gasteiger partial charge in [-0.05, 0) is 60.7 Å². The molecule has 38 heavy (non-hydrogen) atoms. The predicted molar refractivity (Wildman–Crippen MR) is 148 cm³/mol. The van der Waals surface area contributed by atoms with Crippen LogP contribution in [-0.4, -0.2) is 24.0 Å². The van der Waals surface area contributed by atoms with Gasteiger partial charge in [-0.15, -0.1) is 0 Å². The van der Waals surface area contributed by atoms with E-state index in [2.05, 4.69) is 13.8 Å². The van der Waals surface area contributed by atoms with Gasteiger partial charge in [0.1, 0.15) is 5.58 Å². The van der Waals surface area contributed by atoms with E-state index in [0.717, 1.165) is 17.5 Å². The zero-order chi connectivity index (χ0) is 26.8. The van der Waals surface area contributed by atoms with E-state index in [-0.39, 0.29) is 23.6 Å². The Bertz CT molecular complexity index is 1540. The van der Waals surface area contributed by atoms with Gasteiger partial charge < -0.3 is 18.8 Å². The van der Waals surface area contributed by atoms with E-state index in [1.165, 1.54) is 0 Å². The number of fused-ring (bicyclic) bond motifs is 2. The number of hydrogen-bond donors (Lipinski definition) is 0. The first-order valence-electron chi connectivity index (χ1n) is 12.9. The van der Waals surface area contributed by atoms with Gasteiger partial charge >= 0.3 is 0 Å². The summed E-state index contributed by atoms with van der Waals surface area (Å²) in [4.78, 5) is 29.2. The van der Waals surface area contributed by atoms with Crippen LogP contribution in [0.1, 0.15) is 60.5 Å². The van der Waals surface area contributed by atoms with Crippen LogP contribution in [0.5, 0.6) is 11.5 Å². The Kier molecular flexibility index (Phi) is 7.43. The summed E-state index contributed by atoms with van der Waals surface area (Å²) in [7, 11) is 0. The number of para-hydroxylation sites is 1. The number of hydrogen-bond acceptors (Lipinski definition) is 5. The molecule has 1 unspecified atom stereocenters. The summed E-state index contributed by atoms with van der Waals surface area (Å²) in [5, 5.41) is 0.977. The molecular formula is C31H30ClNO5. The minimum absolute atomic E-state index is 0.0565. The molecule has 0 saturated heterocycles. The number of halogens is 1. The molecule has 5 rings (SSSR count). The zero-order valence-corrected chi connectivity index (χ0v) is 22.5. The molecule has 0 radical (unpaired) electrons. The Labute approximate surface area is 226 Å². The van der Waals surface area contributed by atoms with Crippen molar-refractivity contribution in [3.63, 3.8) is 0 Å². The van der Waals surface area contributed by atoms with Gasteiger partial charge in [-0.1, -0.05) is 61.8 Å². The Hall–Kier alpha value is -3.77. The van der Waals surface area contributed by atoms with Crippen LogP contribution in [0.4, 0.5) is 0 Å². The number of carbonyl (C=O) groups excluding carboxylic acids is 1. The Balaban J connectivity index is 1.64. The van der Waals surface area contributed by atoms with E-state index in [1.54, 1.807) is 35.2 Å². The van der Waals surface area contributed by atoms with Crippen molar-refractivity contribution in [2.24, 2.45) is 5.92 Å². The van der Waals surface area contributed by atoms with Gasteiger partial charge in [-0.2, -0.15) is 0 Å². The second-order valence-electron chi connectivity index (χ2n) is 9.77. The lowest BCUT2D eigenvalue weighted by atomic mass is 9.97. The summed E-state index contributed by atoms with van der Waals surface area (Å²) >= 11 is 6.47. The summed E-state index contributed by atoms with van der Waals surface area (Å²) in [6, 6.07) is 19.3. The average molecular weight is 532 g/mol. The van der Waals surface area contributed by atoms with Crippen LogP contribution < -0.4 is 14.9 Å². The van der Waals surface area contributed by atoms with Crippen molar-refractivity contribution in [3.8, 4) is 11.5 Å². The maximum absolute atomic E-state index is 13.8. The summed E-state index contributed by atoms with van der Waals surface area (Å²) < 4.78 is 18.0. The highest BCUT2D eigenvalue weighted by molar-refractivity contribution is 6.31. The summed E-state index contributed by atoms with van der Waals surface area (Å²) in [6.07, 6.45) is 0.914. The molecule has 1 aromatic heterocycles. The number of ether oxygens (including phenoxy) is 2. The van der Waals surface area contributed by atoms with Crippen molar-refractivity contribution >= 4 is 28.5 Å². The molecular weight excluding hydrogens is 502 g/mol. The Morgan fingerprint density at radius 1 is 0.974 bits per heavy atom. The third kappa shape index (κ3) is 4.88. The van der Waals surface area contributed by atoms with Crippen LogP contribution in [0, 0.1) is 5.92 Å². The second kappa shape index (κ2) is 10.9. The topological polar surface area (TPSA) is 69.0 Å². The van der Waals surface area contributed by atoms with E-state index < -0.39 is 6.04 Å². The number of benzene rings is 3. The fourth-order valence-corrected chi connectivity index (χ4v) is 4.97. The molecule has 1 aliphatic rings. The van der Waals surface area contributed by atoms with Gasteiger partial charge in [0.2, 0.25) is 5.76 Å². The molecule has 2 heterocycles. The molecule has 0 aliphatic carbocycles. The van der Waals surface area contributed by atoms with Gasteiger partial charge in [0, 0.05) is 11.6 Å².